The SMILES string of the molecule is CC1=CCC2C(=O)N(CCC(=O)COC(=O)c3ccccc3)C(=O)C2C1. The molecule has 0 radical (unpaired) electrons. The summed E-state index contributed by atoms with van der Waals surface area (Å²) in [5.41, 5.74) is 1.50. The van der Waals surface area contributed by atoms with Crippen LogP contribution in [0.2, 0.25) is 0 Å². The van der Waals surface area contributed by atoms with Gasteiger partial charge in [-0.05, 0) is 31.9 Å². The van der Waals surface area contributed by atoms with E-state index in [1.165, 1.54) is 4.90 Å². The van der Waals surface area contributed by atoms with Crippen molar-refractivity contribution in [2.75, 3.05) is 13.2 Å². The number of ketones is 1. The summed E-state index contributed by atoms with van der Waals surface area (Å²) in [6.45, 7) is 1.64. The number of ether oxygens (including phenoxy) is 1. The number of nitrogens with zero attached hydrogens (tertiary/aromatic N) is 1. The van der Waals surface area contributed by atoms with E-state index >= 15 is 0 Å². The number of benzene rings is 1. The van der Waals surface area contributed by atoms with Gasteiger partial charge in [-0.1, -0.05) is 29.8 Å². The molecule has 1 fully saturated rings. The van der Waals surface area contributed by atoms with Crippen LogP contribution in [-0.2, 0) is 19.1 Å². The minimum atomic E-state index is -0.570. The molecule has 1 aromatic carbocycles. The normalized spacial score (nSPS) is 22.0. The van der Waals surface area contributed by atoms with Crippen LogP contribution in [0.25, 0.3) is 0 Å². The standard InChI is InChI=1S/C20H21NO5/c1-13-7-8-16-17(11-13)19(24)21(18(16)23)10-9-15(22)12-26-20(25)14-5-3-2-4-6-14/h2-7,16-17H,8-12H2,1H3. The minimum Gasteiger partial charge on any atom is -0.454 e. The van der Waals surface area contributed by atoms with E-state index in [1.807, 2.05) is 13.0 Å². The van der Waals surface area contributed by atoms with Gasteiger partial charge >= 0.3 is 5.97 Å². The van der Waals surface area contributed by atoms with Crippen molar-refractivity contribution in [3.8, 4) is 0 Å². The Balaban J connectivity index is 1.48. The van der Waals surface area contributed by atoms with Crippen LogP contribution in [-0.4, -0.2) is 41.6 Å². The number of amides is 2. The summed E-state index contributed by atoms with van der Waals surface area (Å²) in [7, 11) is 0. The Morgan fingerprint density at radius 1 is 1.12 bits per heavy atom. The average Bonchev–Trinajstić information content (AvgIpc) is 2.88. The predicted molar refractivity (Wildman–Crippen MR) is 93.0 cm³/mol. The molecule has 1 aliphatic heterocycles. The Labute approximate surface area is 151 Å². The summed E-state index contributed by atoms with van der Waals surface area (Å²) < 4.78 is 4.98. The highest BCUT2D eigenvalue weighted by atomic mass is 16.5. The van der Waals surface area contributed by atoms with Gasteiger partial charge in [0.1, 0.15) is 6.61 Å². The van der Waals surface area contributed by atoms with Crippen LogP contribution in [0, 0.1) is 11.8 Å². The van der Waals surface area contributed by atoms with Crippen molar-refractivity contribution in [1.29, 1.82) is 0 Å². The maximum absolute atomic E-state index is 12.4. The van der Waals surface area contributed by atoms with E-state index in [4.69, 9.17) is 4.74 Å². The fourth-order valence-electron chi connectivity index (χ4n) is 3.44. The monoisotopic (exact) mass is 355 g/mol. The summed E-state index contributed by atoms with van der Waals surface area (Å²) in [6, 6.07) is 8.40. The third kappa shape index (κ3) is 3.74. The molecular formula is C20H21NO5. The Hall–Kier alpha value is -2.76. The molecule has 6 heteroatoms. The highest BCUT2D eigenvalue weighted by Gasteiger charge is 2.47. The quantitative estimate of drug-likeness (QED) is 0.444. The van der Waals surface area contributed by atoms with E-state index in [1.54, 1.807) is 30.3 Å². The number of likely N-dealkylation sites (tertiary alicyclic amines) is 1. The molecule has 136 valence electrons. The van der Waals surface area contributed by atoms with Crippen molar-refractivity contribution < 1.29 is 23.9 Å². The van der Waals surface area contributed by atoms with Gasteiger partial charge in [0.15, 0.2) is 5.78 Å². The lowest BCUT2D eigenvalue weighted by Crippen LogP contribution is -2.33. The van der Waals surface area contributed by atoms with Crippen molar-refractivity contribution in [2.24, 2.45) is 11.8 Å². The number of hydrogen-bond donors (Lipinski definition) is 0. The smallest absolute Gasteiger partial charge is 0.338 e. The minimum absolute atomic E-state index is 0.00853. The zero-order chi connectivity index (χ0) is 18.7. The fraction of sp³-hybridized carbons (Fsp3) is 0.400. The molecule has 1 heterocycles. The molecule has 2 amide bonds. The molecule has 6 nitrogen and oxygen atoms in total. The maximum atomic E-state index is 12.4. The Bertz CT molecular complexity index is 768. The molecule has 0 spiro atoms. The van der Waals surface area contributed by atoms with Crippen molar-refractivity contribution in [2.45, 2.75) is 26.2 Å². The third-order valence-corrected chi connectivity index (χ3v) is 4.90. The van der Waals surface area contributed by atoms with E-state index in [2.05, 4.69) is 0 Å². The van der Waals surface area contributed by atoms with Crippen molar-refractivity contribution in [1.82, 2.24) is 4.90 Å². The van der Waals surface area contributed by atoms with E-state index in [0.717, 1.165) is 5.57 Å². The van der Waals surface area contributed by atoms with Crippen molar-refractivity contribution in [3.05, 3.63) is 47.5 Å². The molecule has 1 aromatic rings. The third-order valence-electron chi connectivity index (χ3n) is 4.90. The topological polar surface area (TPSA) is 80.8 Å². The van der Waals surface area contributed by atoms with E-state index in [9.17, 15) is 19.2 Å². The molecule has 0 bridgehead atoms. The molecule has 0 N–H and O–H groups in total. The number of allylic oxidation sites excluding steroid dienone is 2. The number of imide groups is 1. The van der Waals surface area contributed by atoms with Crippen LogP contribution in [0.3, 0.4) is 0 Å². The van der Waals surface area contributed by atoms with Gasteiger partial charge in [-0.2, -0.15) is 0 Å². The van der Waals surface area contributed by atoms with Gasteiger partial charge < -0.3 is 4.74 Å². The first kappa shape index (κ1) is 18.0. The van der Waals surface area contributed by atoms with Gasteiger partial charge in [0, 0.05) is 13.0 Å². The van der Waals surface area contributed by atoms with Crippen LogP contribution in [0.1, 0.15) is 36.5 Å². The second kappa shape index (κ2) is 7.64. The van der Waals surface area contributed by atoms with E-state index < -0.39 is 5.97 Å². The molecule has 2 unspecified atom stereocenters. The second-order valence-corrected chi connectivity index (χ2v) is 6.76. The lowest BCUT2D eigenvalue weighted by molar-refractivity contribution is -0.140. The number of Topliss-reactive ketones (excluding diaryl/α,β-unsaturated/α-hetero) is 1. The zero-order valence-electron chi connectivity index (χ0n) is 14.6. The lowest BCUT2D eigenvalue weighted by atomic mass is 9.82. The first-order valence-electron chi connectivity index (χ1n) is 8.72. The largest absolute Gasteiger partial charge is 0.454 e. The van der Waals surface area contributed by atoms with Gasteiger partial charge in [-0.3, -0.25) is 19.3 Å². The van der Waals surface area contributed by atoms with Gasteiger partial charge in [-0.15, -0.1) is 0 Å². The first-order chi connectivity index (χ1) is 12.5. The summed E-state index contributed by atoms with van der Waals surface area (Å²) in [5, 5.41) is 0. The molecule has 3 rings (SSSR count). The highest BCUT2D eigenvalue weighted by molar-refractivity contribution is 6.05. The molecule has 2 aliphatic rings. The maximum Gasteiger partial charge on any atom is 0.338 e. The van der Waals surface area contributed by atoms with Crippen molar-refractivity contribution >= 4 is 23.6 Å². The highest BCUT2D eigenvalue weighted by Crippen LogP contribution is 2.37. The van der Waals surface area contributed by atoms with Crippen LogP contribution >= 0.6 is 0 Å². The van der Waals surface area contributed by atoms with Gasteiger partial charge in [0.25, 0.3) is 0 Å². The molecular weight excluding hydrogens is 334 g/mol. The number of rotatable bonds is 6. The first-order valence-corrected chi connectivity index (χ1v) is 8.72. The van der Waals surface area contributed by atoms with E-state index in [-0.39, 0.29) is 49.0 Å². The summed E-state index contributed by atoms with van der Waals surface area (Å²) in [4.78, 5) is 49.8. The van der Waals surface area contributed by atoms with Crippen molar-refractivity contribution in [3.63, 3.8) is 0 Å². The lowest BCUT2D eigenvalue weighted by Gasteiger charge is -2.19. The van der Waals surface area contributed by atoms with Gasteiger partial charge in [0.2, 0.25) is 11.8 Å². The number of carbonyl (C=O) groups is 4. The number of fused-ring (bicyclic) bond motifs is 1. The molecule has 26 heavy (non-hydrogen) atoms. The summed E-state index contributed by atoms with van der Waals surface area (Å²) >= 11 is 0. The number of carbonyl (C=O) groups excluding carboxylic acids is 4. The fourth-order valence-corrected chi connectivity index (χ4v) is 3.44. The summed E-state index contributed by atoms with van der Waals surface area (Å²) in [6.07, 6.45) is 3.18. The summed E-state index contributed by atoms with van der Waals surface area (Å²) in [5.74, 6) is -1.87. The molecule has 0 aromatic heterocycles. The molecule has 0 saturated carbocycles. The number of esters is 1. The van der Waals surface area contributed by atoms with Crippen LogP contribution < -0.4 is 0 Å². The van der Waals surface area contributed by atoms with Gasteiger partial charge in [0.05, 0.1) is 17.4 Å². The molecule has 1 aliphatic carbocycles. The van der Waals surface area contributed by atoms with Crippen LogP contribution in [0.4, 0.5) is 0 Å². The van der Waals surface area contributed by atoms with Crippen LogP contribution in [0.5, 0.6) is 0 Å². The predicted octanol–water partition coefficient (Wildman–Crippen LogP) is 2.14. The molecule has 2 atom stereocenters. The van der Waals surface area contributed by atoms with Gasteiger partial charge in [-0.25, -0.2) is 4.79 Å². The Morgan fingerprint density at radius 3 is 2.54 bits per heavy atom. The Morgan fingerprint density at radius 2 is 1.81 bits per heavy atom. The second-order valence-electron chi connectivity index (χ2n) is 6.76. The average molecular weight is 355 g/mol. The van der Waals surface area contributed by atoms with E-state index in [0.29, 0.717) is 18.4 Å². The zero-order valence-corrected chi connectivity index (χ0v) is 14.6. The van der Waals surface area contributed by atoms with Crippen LogP contribution in [0.15, 0.2) is 42.0 Å². The molecule has 1 saturated heterocycles. The number of hydrogen-bond acceptors (Lipinski definition) is 5. The Kier molecular flexibility index (Phi) is 5.30.